The van der Waals surface area contributed by atoms with Crippen molar-refractivity contribution in [1.29, 1.82) is 0 Å². The minimum Gasteiger partial charge on any atom is -0.494 e. The summed E-state index contributed by atoms with van der Waals surface area (Å²) in [6.07, 6.45) is 3.85. The SMILES string of the molecule is CCOc1ccc(/C=C2\C=C(c3ccc(Cl)cc3)N(c3ccc4ccccc4c3)C2=O)cc1. The summed E-state index contributed by atoms with van der Waals surface area (Å²) < 4.78 is 5.53. The Hall–Kier alpha value is -3.82. The quantitative estimate of drug-likeness (QED) is 0.296. The first kappa shape index (κ1) is 21.0. The number of carbonyl (C=O) groups is 1. The van der Waals surface area contributed by atoms with Gasteiger partial charge in [-0.2, -0.15) is 0 Å². The van der Waals surface area contributed by atoms with Crippen LogP contribution in [0.25, 0.3) is 22.5 Å². The molecule has 0 fully saturated rings. The van der Waals surface area contributed by atoms with Gasteiger partial charge >= 0.3 is 0 Å². The van der Waals surface area contributed by atoms with E-state index in [0.717, 1.165) is 39.0 Å². The number of anilines is 1. The third kappa shape index (κ3) is 4.28. The molecule has 0 atom stereocenters. The van der Waals surface area contributed by atoms with Crippen molar-refractivity contribution in [1.82, 2.24) is 0 Å². The smallest absolute Gasteiger partial charge is 0.262 e. The van der Waals surface area contributed by atoms with Crippen LogP contribution in [0.3, 0.4) is 0 Å². The number of nitrogens with zero attached hydrogens (tertiary/aromatic N) is 1. The monoisotopic (exact) mass is 451 g/mol. The van der Waals surface area contributed by atoms with Crippen LogP contribution in [0.5, 0.6) is 5.75 Å². The second-order valence-corrected chi connectivity index (χ2v) is 8.25. The Kier molecular flexibility index (Phi) is 5.72. The molecule has 0 aliphatic carbocycles. The van der Waals surface area contributed by atoms with Crippen molar-refractivity contribution in [2.75, 3.05) is 11.5 Å². The molecule has 4 aromatic carbocycles. The Morgan fingerprint density at radius 3 is 2.33 bits per heavy atom. The Morgan fingerprint density at radius 1 is 0.879 bits per heavy atom. The Morgan fingerprint density at radius 2 is 1.61 bits per heavy atom. The third-order valence-electron chi connectivity index (χ3n) is 5.63. The summed E-state index contributed by atoms with van der Waals surface area (Å²) in [5.74, 6) is 0.747. The van der Waals surface area contributed by atoms with E-state index in [1.54, 1.807) is 4.90 Å². The number of rotatable bonds is 5. The summed E-state index contributed by atoms with van der Waals surface area (Å²) in [6, 6.07) is 29.5. The highest BCUT2D eigenvalue weighted by Gasteiger charge is 2.30. The zero-order chi connectivity index (χ0) is 22.8. The summed E-state index contributed by atoms with van der Waals surface area (Å²) in [4.78, 5) is 15.4. The molecule has 5 rings (SSSR count). The first-order chi connectivity index (χ1) is 16.1. The lowest BCUT2D eigenvalue weighted by molar-refractivity contribution is -0.113. The fraction of sp³-hybridized carbons (Fsp3) is 0.0690. The van der Waals surface area contributed by atoms with Crippen LogP contribution in [-0.2, 0) is 4.79 Å². The average molecular weight is 452 g/mol. The number of halogens is 1. The van der Waals surface area contributed by atoms with Gasteiger partial charge in [-0.3, -0.25) is 9.69 Å². The summed E-state index contributed by atoms with van der Waals surface area (Å²) in [5, 5.41) is 2.88. The van der Waals surface area contributed by atoms with E-state index < -0.39 is 0 Å². The van der Waals surface area contributed by atoms with Crippen molar-refractivity contribution in [2.24, 2.45) is 0 Å². The van der Waals surface area contributed by atoms with E-state index >= 15 is 0 Å². The van der Waals surface area contributed by atoms with Crippen LogP contribution >= 0.6 is 11.6 Å². The van der Waals surface area contributed by atoms with Gasteiger partial charge in [0.1, 0.15) is 5.75 Å². The maximum absolute atomic E-state index is 13.6. The van der Waals surface area contributed by atoms with Crippen molar-refractivity contribution in [3.8, 4) is 5.75 Å². The number of amides is 1. The van der Waals surface area contributed by atoms with Gasteiger partial charge in [0.2, 0.25) is 0 Å². The first-order valence-corrected chi connectivity index (χ1v) is 11.3. The van der Waals surface area contributed by atoms with Gasteiger partial charge in [-0.25, -0.2) is 0 Å². The molecule has 1 aliphatic heterocycles. The molecule has 4 aromatic rings. The van der Waals surface area contributed by atoms with E-state index in [0.29, 0.717) is 17.2 Å². The van der Waals surface area contributed by atoms with Crippen molar-refractivity contribution in [3.05, 3.63) is 119 Å². The van der Waals surface area contributed by atoms with Crippen LogP contribution < -0.4 is 9.64 Å². The summed E-state index contributed by atoms with van der Waals surface area (Å²) in [7, 11) is 0. The van der Waals surface area contributed by atoms with Crippen molar-refractivity contribution in [2.45, 2.75) is 6.92 Å². The second kappa shape index (κ2) is 8.97. The molecule has 0 unspecified atom stereocenters. The molecule has 3 nitrogen and oxygen atoms in total. The highest BCUT2D eigenvalue weighted by Crippen LogP contribution is 2.37. The highest BCUT2D eigenvalue weighted by atomic mass is 35.5. The molecule has 1 aliphatic rings. The Bertz CT molecular complexity index is 1390. The molecule has 1 heterocycles. The maximum Gasteiger partial charge on any atom is 0.262 e. The normalized spacial score (nSPS) is 14.7. The molecule has 0 radical (unpaired) electrons. The molecule has 0 saturated heterocycles. The van der Waals surface area contributed by atoms with Gasteiger partial charge in [0.05, 0.1) is 12.3 Å². The molecular weight excluding hydrogens is 430 g/mol. The van der Waals surface area contributed by atoms with E-state index in [-0.39, 0.29) is 5.91 Å². The van der Waals surface area contributed by atoms with Gasteiger partial charge in [0.25, 0.3) is 5.91 Å². The fourth-order valence-corrected chi connectivity index (χ4v) is 4.15. The van der Waals surface area contributed by atoms with Gasteiger partial charge in [-0.1, -0.05) is 66.2 Å². The van der Waals surface area contributed by atoms with Crippen LogP contribution in [0.2, 0.25) is 5.02 Å². The maximum atomic E-state index is 13.6. The van der Waals surface area contributed by atoms with Crippen LogP contribution in [0.4, 0.5) is 5.69 Å². The summed E-state index contributed by atoms with van der Waals surface area (Å²) in [5.41, 5.74) is 4.14. The number of ether oxygens (including phenoxy) is 1. The fourth-order valence-electron chi connectivity index (χ4n) is 4.03. The van der Waals surface area contributed by atoms with Gasteiger partial charge in [-0.05, 0) is 77.4 Å². The van der Waals surface area contributed by atoms with Gasteiger partial charge in [-0.15, -0.1) is 0 Å². The van der Waals surface area contributed by atoms with Crippen molar-refractivity contribution in [3.63, 3.8) is 0 Å². The molecule has 33 heavy (non-hydrogen) atoms. The Balaban J connectivity index is 1.58. The number of hydrogen-bond donors (Lipinski definition) is 0. The minimum absolute atomic E-state index is 0.0656. The lowest BCUT2D eigenvalue weighted by Crippen LogP contribution is -2.24. The van der Waals surface area contributed by atoms with Crippen LogP contribution in [0, 0.1) is 0 Å². The lowest BCUT2D eigenvalue weighted by Gasteiger charge is -2.21. The first-order valence-electron chi connectivity index (χ1n) is 10.9. The predicted octanol–water partition coefficient (Wildman–Crippen LogP) is 7.36. The number of hydrogen-bond acceptors (Lipinski definition) is 2. The van der Waals surface area contributed by atoms with Crippen LogP contribution in [0.15, 0.2) is 103 Å². The predicted molar refractivity (Wildman–Crippen MR) is 136 cm³/mol. The van der Waals surface area contributed by atoms with Crippen LogP contribution in [0.1, 0.15) is 18.1 Å². The highest BCUT2D eigenvalue weighted by molar-refractivity contribution is 6.30. The summed E-state index contributed by atoms with van der Waals surface area (Å²) >= 11 is 6.12. The standard InChI is InChI=1S/C29H22ClNO2/c1-2-33-27-15-7-20(8-16-27)17-24-19-28(22-9-12-25(30)13-10-22)31(29(24)32)26-14-11-21-5-3-4-6-23(21)18-26/h3-19H,2H2,1H3/b24-17+. The Labute approximate surface area is 198 Å². The molecule has 4 heteroatoms. The van der Waals surface area contributed by atoms with Crippen LogP contribution in [-0.4, -0.2) is 12.5 Å². The number of carbonyl (C=O) groups excluding carboxylic acids is 1. The molecule has 162 valence electrons. The topological polar surface area (TPSA) is 29.5 Å². The van der Waals surface area contributed by atoms with Crippen molar-refractivity contribution < 1.29 is 9.53 Å². The molecule has 0 bridgehead atoms. The molecular formula is C29H22ClNO2. The van der Waals surface area contributed by atoms with E-state index in [1.807, 2.05) is 91.9 Å². The largest absolute Gasteiger partial charge is 0.494 e. The van der Waals surface area contributed by atoms with Gasteiger partial charge < -0.3 is 4.74 Å². The zero-order valence-electron chi connectivity index (χ0n) is 18.2. The molecule has 0 spiro atoms. The van der Waals surface area contributed by atoms with Crippen molar-refractivity contribution >= 4 is 45.7 Å². The zero-order valence-corrected chi connectivity index (χ0v) is 18.9. The van der Waals surface area contributed by atoms with E-state index in [1.165, 1.54) is 0 Å². The molecule has 0 aromatic heterocycles. The van der Waals surface area contributed by atoms with Gasteiger partial charge in [0.15, 0.2) is 0 Å². The van der Waals surface area contributed by atoms with E-state index in [9.17, 15) is 4.79 Å². The molecule has 1 amide bonds. The van der Waals surface area contributed by atoms with Gasteiger partial charge in [0, 0.05) is 16.3 Å². The lowest BCUT2D eigenvalue weighted by atomic mass is 10.1. The second-order valence-electron chi connectivity index (χ2n) is 7.81. The number of fused-ring (bicyclic) bond motifs is 1. The number of benzene rings is 4. The summed E-state index contributed by atoms with van der Waals surface area (Å²) in [6.45, 7) is 2.57. The van der Waals surface area contributed by atoms with E-state index in [4.69, 9.17) is 16.3 Å². The average Bonchev–Trinajstić information content (AvgIpc) is 3.16. The minimum atomic E-state index is -0.0656. The third-order valence-corrected chi connectivity index (χ3v) is 5.88. The molecule has 0 saturated carbocycles. The van der Waals surface area contributed by atoms with E-state index in [2.05, 4.69) is 18.2 Å². The molecule has 0 N–H and O–H groups in total.